The van der Waals surface area contributed by atoms with Crippen LogP contribution in [0.1, 0.15) is 64.1 Å². The van der Waals surface area contributed by atoms with E-state index in [2.05, 4.69) is 22.1 Å². The number of aromatic nitrogens is 1. The minimum atomic E-state index is -0.927. The number of rotatable bonds is 7. The van der Waals surface area contributed by atoms with Crippen LogP contribution >= 0.6 is 11.3 Å². The standard InChI is InChI=1S/C27H35FN4O4S/c1-6-18(8-7-17(2)28)22-10-9-21(25-29-20(16-37-25)15-23(33)34)24(31-30-22)19-11-13-32(14-12-19)26(35)36-27(3,4)5/h6-8,16,19,31H,2,9-15H2,1,3-5H3,(H,33,34)/b8-7-,18-6?. The minimum absolute atomic E-state index is 0.110. The van der Waals surface area contributed by atoms with Crippen LogP contribution in [0.4, 0.5) is 9.18 Å². The molecular formula is C27H35FN4O4S. The average molecular weight is 531 g/mol. The van der Waals surface area contributed by atoms with E-state index in [4.69, 9.17) is 4.74 Å². The smallest absolute Gasteiger partial charge is 0.410 e. The van der Waals surface area contributed by atoms with Gasteiger partial charge in [-0.3, -0.25) is 10.2 Å². The second kappa shape index (κ2) is 12.3. The van der Waals surface area contributed by atoms with Crippen molar-refractivity contribution in [1.82, 2.24) is 15.3 Å². The third kappa shape index (κ3) is 8.11. The molecular weight excluding hydrogens is 495 g/mol. The zero-order chi connectivity index (χ0) is 27.2. The molecule has 1 fully saturated rings. The molecule has 0 saturated carbocycles. The molecule has 0 bridgehead atoms. The quantitative estimate of drug-likeness (QED) is 0.429. The summed E-state index contributed by atoms with van der Waals surface area (Å²) in [6, 6.07) is 0. The Morgan fingerprint density at radius 2 is 2.00 bits per heavy atom. The van der Waals surface area contributed by atoms with E-state index in [-0.39, 0.29) is 18.4 Å². The SMILES string of the molecule is C=C(F)/C=C\C(=CC)C1=NNC(C2CCN(C(=O)OC(C)(C)C)CC2)=C(c2nc(CC(=O)O)cs2)CC1. The number of hydrogen-bond donors (Lipinski definition) is 2. The number of nitrogens with zero attached hydrogens (tertiary/aromatic N) is 3. The molecule has 1 aromatic heterocycles. The fourth-order valence-corrected chi connectivity index (χ4v) is 5.20. The van der Waals surface area contributed by atoms with E-state index in [1.165, 1.54) is 17.4 Å². The number of piperidine rings is 1. The van der Waals surface area contributed by atoms with Crippen LogP contribution in [0.15, 0.2) is 52.4 Å². The zero-order valence-corrected chi connectivity index (χ0v) is 22.7. The topological polar surface area (TPSA) is 104 Å². The first-order valence-corrected chi connectivity index (χ1v) is 13.2. The molecule has 10 heteroatoms. The molecule has 3 heterocycles. The molecule has 1 aromatic rings. The largest absolute Gasteiger partial charge is 0.481 e. The summed E-state index contributed by atoms with van der Waals surface area (Å²) in [6.45, 7) is 11.8. The van der Waals surface area contributed by atoms with Crippen molar-refractivity contribution in [2.24, 2.45) is 11.0 Å². The number of nitrogens with one attached hydrogen (secondary N) is 1. The molecule has 8 nitrogen and oxygen atoms in total. The monoisotopic (exact) mass is 530 g/mol. The molecule has 0 radical (unpaired) electrons. The summed E-state index contributed by atoms with van der Waals surface area (Å²) in [5, 5.41) is 16.4. The van der Waals surface area contributed by atoms with Gasteiger partial charge in [-0.05, 0) is 65.0 Å². The maximum absolute atomic E-state index is 13.2. The maximum atomic E-state index is 13.2. The van der Waals surface area contributed by atoms with E-state index in [0.717, 1.165) is 40.4 Å². The van der Waals surface area contributed by atoms with Gasteiger partial charge in [0, 0.05) is 35.7 Å². The van der Waals surface area contributed by atoms with Gasteiger partial charge in [-0.15, -0.1) is 11.3 Å². The maximum Gasteiger partial charge on any atom is 0.410 e. The van der Waals surface area contributed by atoms with Gasteiger partial charge in [0.05, 0.1) is 17.8 Å². The van der Waals surface area contributed by atoms with E-state index in [1.54, 1.807) is 16.4 Å². The lowest BCUT2D eigenvalue weighted by Gasteiger charge is -2.34. The van der Waals surface area contributed by atoms with E-state index in [1.807, 2.05) is 33.8 Å². The number of ether oxygens (including phenoxy) is 1. The van der Waals surface area contributed by atoms with Crippen molar-refractivity contribution in [3.63, 3.8) is 0 Å². The summed E-state index contributed by atoms with van der Waals surface area (Å²) < 4.78 is 18.8. The molecule has 2 aliphatic heterocycles. The minimum Gasteiger partial charge on any atom is -0.481 e. The summed E-state index contributed by atoms with van der Waals surface area (Å²) in [5.74, 6) is -1.35. The van der Waals surface area contributed by atoms with Gasteiger partial charge in [0.25, 0.3) is 0 Å². The Morgan fingerprint density at radius 3 is 2.59 bits per heavy atom. The lowest BCUT2D eigenvalue weighted by Crippen LogP contribution is -2.42. The van der Waals surface area contributed by atoms with Gasteiger partial charge in [-0.2, -0.15) is 5.10 Å². The lowest BCUT2D eigenvalue weighted by atomic mass is 9.89. The molecule has 0 aliphatic carbocycles. The molecule has 2 N–H and O–H groups in total. The van der Waals surface area contributed by atoms with Crippen LogP contribution in [0.2, 0.25) is 0 Å². The summed E-state index contributed by atoms with van der Waals surface area (Å²) in [7, 11) is 0. The lowest BCUT2D eigenvalue weighted by molar-refractivity contribution is -0.136. The van der Waals surface area contributed by atoms with Crippen molar-refractivity contribution < 1.29 is 23.8 Å². The van der Waals surface area contributed by atoms with Crippen molar-refractivity contribution in [1.29, 1.82) is 0 Å². The van der Waals surface area contributed by atoms with Crippen LogP contribution in [0.3, 0.4) is 0 Å². The van der Waals surface area contributed by atoms with Gasteiger partial charge in [0.1, 0.15) is 16.4 Å². The predicted molar refractivity (Wildman–Crippen MR) is 144 cm³/mol. The number of likely N-dealkylation sites (tertiary alicyclic amines) is 1. The van der Waals surface area contributed by atoms with E-state index in [9.17, 15) is 19.1 Å². The summed E-state index contributed by atoms with van der Waals surface area (Å²) in [4.78, 5) is 30.1. The molecule has 1 amide bonds. The Bertz CT molecular complexity index is 1150. The normalized spacial score (nSPS) is 17.9. The Hall–Kier alpha value is -3.27. The summed E-state index contributed by atoms with van der Waals surface area (Å²) in [6.07, 6.45) is 7.06. The molecule has 0 unspecified atom stereocenters. The Morgan fingerprint density at radius 1 is 1.30 bits per heavy atom. The first-order chi connectivity index (χ1) is 17.5. The number of carbonyl (C=O) groups excluding carboxylic acids is 1. The second-order valence-corrected chi connectivity index (χ2v) is 10.9. The fraction of sp³-hybridized carbons (Fsp3) is 0.481. The molecule has 200 valence electrons. The highest BCUT2D eigenvalue weighted by Gasteiger charge is 2.31. The van der Waals surface area contributed by atoms with E-state index < -0.39 is 17.4 Å². The number of thiazole rings is 1. The van der Waals surface area contributed by atoms with Crippen LogP contribution in [0.5, 0.6) is 0 Å². The van der Waals surface area contributed by atoms with Crippen molar-refractivity contribution in [3.8, 4) is 0 Å². The number of carboxylic acids is 1. The zero-order valence-electron chi connectivity index (χ0n) is 21.8. The van der Waals surface area contributed by atoms with Gasteiger partial charge in [-0.1, -0.05) is 18.7 Å². The molecule has 37 heavy (non-hydrogen) atoms. The fourth-order valence-electron chi connectivity index (χ4n) is 4.30. The highest BCUT2D eigenvalue weighted by Crippen LogP contribution is 2.35. The number of allylic oxidation sites excluding steroid dienone is 7. The van der Waals surface area contributed by atoms with Gasteiger partial charge in [0.2, 0.25) is 0 Å². The van der Waals surface area contributed by atoms with Crippen molar-refractivity contribution in [3.05, 3.63) is 58.0 Å². The molecule has 3 rings (SSSR count). The van der Waals surface area contributed by atoms with Crippen LogP contribution in [-0.2, 0) is 16.0 Å². The average Bonchev–Trinajstić information content (AvgIpc) is 3.15. The van der Waals surface area contributed by atoms with Crippen molar-refractivity contribution >= 4 is 34.7 Å². The Labute approximate surface area is 221 Å². The molecule has 1 saturated heterocycles. The van der Waals surface area contributed by atoms with Gasteiger partial charge in [0.15, 0.2) is 0 Å². The number of carbonyl (C=O) groups is 2. The third-order valence-electron chi connectivity index (χ3n) is 6.03. The Kier molecular flexibility index (Phi) is 9.42. The van der Waals surface area contributed by atoms with Gasteiger partial charge in [-0.25, -0.2) is 14.2 Å². The number of aliphatic carboxylic acids is 1. The second-order valence-electron chi connectivity index (χ2n) is 10.0. The summed E-state index contributed by atoms with van der Waals surface area (Å²) >= 11 is 1.42. The highest BCUT2D eigenvalue weighted by molar-refractivity contribution is 7.10. The number of hydrazone groups is 1. The molecule has 0 aromatic carbocycles. The van der Waals surface area contributed by atoms with Gasteiger partial charge >= 0.3 is 12.1 Å². The van der Waals surface area contributed by atoms with E-state index >= 15 is 0 Å². The molecule has 0 spiro atoms. The number of carboxylic acid groups (broad SMARTS) is 1. The van der Waals surface area contributed by atoms with E-state index in [0.29, 0.717) is 31.6 Å². The van der Waals surface area contributed by atoms with Crippen LogP contribution in [0.25, 0.3) is 5.57 Å². The third-order valence-corrected chi connectivity index (χ3v) is 6.98. The first-order valence-electron chi connectivity index (χ1n) is 12.4. The van der Waals surface area contributed by atoms with Gasteiger partial charge < -0.3 is 14.7 Å². The Balaban J connectivity index is 1.86. The predicted octanol–water partition coefficient (Wildman–Crippen LogP) is 5.85. The van der Waals surface area contributed by atoms with Crippen molar-refractivity contribution in [2.75, 3.05) is 13.1 Å². The van der Waals surface area contributed by atoms with Crippen molar-refractivity contribution in [2.45, 2.75) is 65.4 Å². The number of amides is 1. The van der Waals surface area contributed by atoms with Crippen LogP contribution < -0.4 is 5.43 Å². The molecule has 0 atom stereocenters. The number of halogens is 1. The number of hydrogen-bond acceptors (Lipinski definition) is 7. The highest BCUT2D eigenvalue weighted by atomic mass is 32.1. The molecule has 2 aliphatic rings. The van der Waals surface area contributed by atoms with Crippen LogP contribution in [-0.4, -0.2) is 51.5 Å². The summed E-state index contributed by atoms with van der Waals surface area (Å²) in [5.41, 5.74) is 6.74. The van der Waals surface area contributed by atoms with Crippen LogP contribution in [0, 0.1) is 5.92 Å². The first kappa shape index (κ1) is 28.3.